The van der Waals surface area contributed by atoms with Gasteiger partial charge in [-0.2, -0.15) is 0 Å². The van der Waals surface area contributed by atoms with E-state index >= 15 is 4.39 Å². The molecule has 51 heavy (non-hydrogen) atoms. The van der Waals surface area contributed by atoms with Crippen molar-refractivity contribution >= 4 is 11.8 Å². The molecule has 0 saturated carbocycles. The number of H-pyrrole nitrogens is 2. The number of rotatable bonds is 11. The van der Waals surface area contributed by atoms with Crippen molar-refractivity contribution in [1.82, 2.24) is 34.6 Å². The number of benzene rings is 3. The third-order valence-corrected chi connectivity index (χ3v) is 10.5. The molecular formula is C41H46FN7O2. The summed E-state index contributed by atoms with van der Waals surface area (Å²) < 4.78 is 15.5. The Bertz CT molecular complexity index is 1970. The zero-order valence-electron chi connectivity index (χ0n) is 29.6. The second kappa shape index (κ2) is 15.0. The molecule has 2 saturated heterocycles. The summed E-state index contributed by atoms with van der Waals surface area (Å²) in [5.74, 6) is 1.38. The zero-order valence-corrected chi connectivity index (χ0v) is 29.6. The van der Waals surface area contributed by atoms with E-state index in [0.29, 0.717) is 30.0 Å². The highest BCUT2D eigenvalue weighted by atomic mass is 19.1. The Hall–Kier alpha value is -5.09. The number of nitrogens with one attached hydrogen (secondary N) is 2. The van der Waals surface area contributed by atoms with Gasteiger partial charge >= 0.3 is 0 Å². The molecule has 3 aromatic carbocycles. The summed E-state index contributed by atoms with van der Waals surface area (Å²) in [6.45, 7) is 9.07. The van der Waals surface area contributed by atoms with Gasteiger partial charge < -0.3 is 19.8 Å². The molecule has 2 N–H and O–H groups in total. The minimum atomic E-state index is -0.343. The van der Waals surface area contributed by atoms with Crippen LogP contribution in [0, 0.1) is 5.82 Å². The molecule has 0 bridgehead atoms. The van der Waals surface area contributed by atoms with E-state index in [-0.39, 0.29) is 35.8 Å². The van der Waals surface area contributed by atoms with Crippen LogP contribution in [0.3, 0.4) is 0 Å². The lowest BCUT2D eigenvalue weighted by Gasteiger charge is -2.34. The van der Waals surface area contributed by atoms with Gasteiger partial charge in [-0.25, -0.2) is 14.4 Å². The van der Waals surface area contributed by atoms with Crippen LogP contribution in [0.15, 0.2) is 85.2 Å². The smallest absolute Gasteiger partial charge is 0.245 e. The maximum atomic E-state index is 15.5. The van der Waals surface area contributed by atoms with Gasteiger partial charge in [0.25, 0.3) is 0 Å². The first kappa shape index (κ1) is 34.4. The van der Waals surface area contributed by atoms with Crippen LogP contribution in [0.25, 0.3) is 33.6 Å². The molecule has 0 unspecified atom stereocenters. The molecule has 10 heteroatoms. The van der Waals surface area contributed by atoms with E-state index in [1.165, 1.54) is 0 Å². The third-order valence-electron chi connectivity index (χ3n) is 10.5. The number of nitrogens with zero attached hydrogens (tertiary/aromatic N) is 5. The molecular weight excluding hydrogens is 641 g/mol. The zero-order chi connectivity index (χ0) is 35.5. The number of aromatic amines is 2. The largest absolute Gasteiger partial charge is 0.340 e. The highest BCUT2D eigenvalue weighted by molar-refractivity contribution is 5.84. The van der Waals surface area contributed by atoms with Gasteiger partial charge in [-0.3, -0.25) is 14.5 Å². The fourth-order valence-electron chi connectivity index (χ4n) is 7.81. The number of hydrogen-bond acceptors (Lipinski definition) is 5. The first-order chi connectivity index (χ1) is 24.9. The van der Waals surface area contributed by atoms with E-state index in [2.05, 4.69) is 33.7 Å². The van der Waals surface area contributed by atoms with Crippen molar-refractivity contribution in [3.05, 3.63) is 108 Å². The number of halogens is 1. The molecule has 0 radical (unpaired) electrons. The Morgan fingerprint density at radius 2 is 1.37 bits per heavy atom. The molecule has 2 aliphatic heterocycles. The molecule has 2 fully saturated rings. The number of likely N-dealkylation sites (N-methyl/N-ethyl adjacent to an activating group) is 1. The highest BCUT2D eigenvalue weighted by Gasteiger charge is 2.38. The van der Waals surface area contributed by atoms with E-state index in [1.54, 1.807) is 18.3 Å². The van der Waals surface area contributed by atoms with Gasteiger partial charge in [0.1, 0.15) is 23.5 Å². The van der Waals surface area contributed by atoms with Gasteiger partial charge in [0.15, 0.2) is 0 Å². The molecule has 0 aliphatic carbocycles. The molecule has 2 aromatic heterocycles. The molecule has 3 atom stereocenters. The summed E-state index contributed by atoms with van der Waals surface area (Å²) in [5.41, 5.74) is 5.55. The number of hydrogen-bond donors (Lipinski definition) is 2. The summed E-state index contributed by atoms with van der Waals surface area (Å²) in [4.78, 5) is 48.7. The molecule has 2 amide bonds. The second-order valence-electron chi connectivity index (χ2n) is 13.5. The summed E-state index contributed by atoms with van der Waals surface area (Å²) in [5, 5.41) is 0. The van der Waals surface area contributed by atoms with Crippen LogP contribution in [0.2, 0.25) is 0 Å². The average molecular weight is 688 g/mol. The van der Waals surface area contributed by atoms with Crippen molar-refractivity contribution in [3.8, 4) is 33.6 Å². The van der Waals surface area contributed by atoms with Crippen molar-refractivity contribution in [2.75, 3.05) is 26.2 Å². The normalized spacial score (nSPS) is 18.1. The molecule has 0 spiro atoms. The molecule has 7 rings (SSSR count). The van der Waals surface area contributed by atoms with Gasteiger partial charge in [0, 0.05) is 25.1 Å². The minimum Gasteiger partial charge on any atom is -0.340 e. The van der Waals surface area contributed by atoms with E-state index < -0.39 is 0 Å². The number of carbonyl (C=O) groups is 2. The standard InChI is InChI=1S/C41H46FN7O2/c1-4-37(50)48-22-10-14-35(48)39-44-26-34(46-39)31-21-20-30(24-32(31)42)27-16-18-28(19-17-27)33-25-43-40(45-33)36-15-11-23-49(36)41(51)38(47(5-2)6-3)29-12-8-7-9-13-29/h7-9,12-13,16-21,24-26,35-36,38H,4-6,10-11,14-15,22-23H2,1-3H3,(H,43,45)(H,44,46)/t35-,36-,38+/m0/s1. The Kier molecular flexibility index (Phi) is 10.1. The van der Waals surface area contributed by atoms with Gasteiger partial charge in [-0.1, -0.05) is 81.4 Å². The maximum Gasteiger partial charge on any atom is 0.245 e. The van der Waals surface area contributed by atoms with Gasteiger partial charge in [-0.15, -0.1) is 0 Å². The Balaban J connectivity index is 1.05. The molecule has 5 aromatic rings. The number of likely N-dealkylation sites (tertiary alicyclic amines) is 2. The first-order valence-electron chi connectivity index (χ1n) is 18.3. The van der Waals surface area contributed by atoms with Crippen LogP contribution >= 0.6 is 0 Å². The monoisotopic (exact) mass is 687 g/mol. The number of imidazole rings is 2. The Morgan fingerprint density at radius 3 is 2.02 bits per heavy atom. The van der Waals surface area contributed by atoms with Crippen LogP contribution < -0.4 is 0 Å². The molecule has 2 aliphatic rings. The van der Waals surface area contributed by atoms with Gasteiger partial charge in [-0.05, 0) is 73.2 Å². The molecule has 4 heterocycles. The molecule has 264 valence electrons. The van der Waals surface area contributed by atoms with Crippen LogP contribution in [-0.2, 0) is 9.59 Å². The van der Waals surface area contributed by atoms with Gasteiger partial charge in [0.05, 0.1) is 35.9 Å². The fraction of sp³-hybridized carbons (Fsp3) is 0.366. The highest BCUT2D eigenvalue weighted by Crippen LogP contribution is 2.37. The number of carbonyl (C=O) groups excluding carboxylic acids is 2. The van der Waals surface area contributed by atoms with E-state index in [4.69, 9.17) is 4.98 Å². The van der Waals surface area contributed by atoms with Crippen molar-refractivity contribution in [2.24, 2.45) is 0 Å². The fourth-order valence-corrected chi connectivity index (χ4v) is 7.81. The second-order valence-corrected chi connectivity index (χ2v) is 13.5. The van der Waals surface area contributed by atoms with Crippen LogP contribution in [0.5, 0.6) is 0 Å². The summed E-state index contributed by atoms with van der Waals surface area (Å²) in [6.07, 6.45) is 7.51. The predicted octanol–water partition coefficient (Wildman–Crippen LogP) is 8.09. The van der Waals surface area contributed by atoms with Crippen LogP contribution in [-0.4, -0.2) is 72.6 Å². The van der Waals surface area contributed by atoms with Crippen molar-refractivity contribution in [2.45, 2.75) is 71.0 Å². The van der Waals surface area contributed by atoms with E-state index in [1.807, 2.05) is 83.6 Å². The van der Waals surface area contributed by atoms with E-state index in [0.717, 1.165) is 79.1 Å². The van der Waals surface area contributed by atoms with Gasteiger partial charge in [0.2, 0.25) is 11.8 Å². The first-order valence-corrected chi connectivity index (χ1v) is 18.3. The van der Waals surface area contributed by atoms with Crippen molar-refractivity contribution < 1.29 is 14.0 Å². The lowest BCUT2D eigenvalue weighted by Crippen LogP contribution is -2.43. The SMILES string of the molecule is CCC(=O)N1CCC[C@H]1c1ncc(-c2ccc(-c3ccc(-c4cnc([C@@H]5CCCN5C(=O)[C@@H](c5ccccc5)N(CC)CC)[nH]4)cc3)cc2F)[nH]1. The topological polar surface area (TPSA) is 101 Å². The Labute approximate surface area is 298 Å². The van der Waals surface area contributed by atoms with Crippen molar-refractivity contribution in [1.29, 1.82) is 0 Å². The molecule has 9 nitrogen and oxygen atoms in total. The average Bonchev–Trinajstić information content (AvgIpc) is 4.00. The summed E-state index contributed by atoms with van der Waals surface area (Å²) in [6, 6.07) is 22.7. The van der Waals surface area contributed by atoms with Crippen LogP contribution in [0.4, 0.5) is 4.39 Å². The third kappa shape index (κ3) is 6.85. The number of amides is 2. The predicted molar refractivity (Wildman–Crippen MR) is 197 cm³/mol. The maximum absolute atomic E-state index is 15.5. The summed E-state index contributed by atoms with van der Waals surface area (Å²) >= 11 is 0. The summed E-state index contributed by atoms with van der Waals surface area (Å²) in [7, 11) is 0. The van der Waals surface area contributed by atoms with Crippen molar-refractivity contribution in [3.63, 3.8) is 0 Å². The van der Waals surface area contributed by atoms with Crippen LogP contribution in [0.1, 0.15) is 88.2 Å². The lowest BCUT2D eigenvalue weighted by atomic mass is 10.0. The van der Waals surface area contributed by atoms with E-state index in [9.17, 15) is 9.59 Å². The Morgan fingerprint density at radius 1 is 0.784 bits per heavy atom. The lowest BCUT2D eigenvalue weighted by molar-refractivity contribution is -0.138. The quantitative estimate of drug-likeness (QED) is 0.146. The minimum absolute atomic E-state index is 0.0952. The number of aromatic nitrogens is 4.